The van der Waals surface area contributed by atoms with Crippen LogP contribution in [0.1, 0.15) is 19.4 Å². The number of hydrogen-bond acceptors (Lipinski definition) is 3. The molecule has 0 aliphatic heterocycles. The molecule has 0 aliphatic rings. The second kappa shape index (κ2) is 5.63. The fourth-order valence-electron chi connectivity index (χ4n) is 1.25. The Bertz CT molecular complexity index is 346. The van der Waals surface area contributed by atoms with Crippen molar-refractivity contribution in [3.8, 4) is 0 Å². The molecule has 1 rings (SSSR count). The van der Waals surface area contributed by atoms with E-state index in [9.17, 15) is 4.79 Å². The number of amides is 1. The highest BCUT2D eigenvalue weighted by atomic mass is 16.2. The summed E-state index contributed by atoms with van der Waals surface area (Å²) in [6, 6.07) is 6.95. The molecule has 1 unspecified atom stereocenters. The van der Waals surface area contributed by atoms with Crippen LogP contribution in [0.25, 0.3) is 0 Å². The second-order valence-corrected chi connectivity index (χ2v) is 4.16. The van der Waals surface area contributed by atoms with Gasteiger partial charge in [0.1, 0.15) is 0 Å². The van der Waals surface area contributed by atoms with Gasteiger partial charge in [-0.1, -0.05) is 26.0 Å². The van der Waals surface area contributed by atoms with Crippen LogP contribution < -0.4 is 16.8 Å². The van der Waals surface area contributed by atoms with Gasteiger partial charge < -0.3 is 16.8 Å². The van der Waals surface area contributed by atoms with E-state index in [2.05, 4.69) is 5.32 Å². The second-order valence-electron chi connectivity index (χ2n) is 4.16. The summed E-state index contributed by atoms with van der Waals surface area (Å²) in [7, 11) is 0. The molecule has 0 heterocycles. The fraction of sp³-hybridized carbons (Fsp3) is 0.417. The predicted molar refractivity (Wildman–Crippen MR) is 65.8 cm³/mol. The van der Waals surface area contributed by atoms with Gasteiger partial charge in [0.2, 0.25) is 5.91 Å². The van der Waals surface area contributed by atoms with Crippen LogP contribution in [0.5, 0.6) is 0 Å². The molecule has 1 aromatic carbocycles. The summed E-state index contributed by atoms with van der Waals surface area (Å²) in [5.74, 6) is -0.0289. The van der Waals surface area contributed by atoms with Crippen LogP contribution in [-0.4, -0.2) is 11.9 Å². The maximum atomic E-state index is 11.6. The molecule has 1 amide bonds. The first-order chi connectivity index (χ1) is 7.54. The lowest BCUT2D eigenvalue weighted by atomic mass is 10.0. The number of hydrogen-bond donors (Lipinski definition) is 3. The van der Waals surface area contributed by atoms with Gasteiger partial charge in [0, 0.05) is 12.2 Å². The van der Waals surface area contributed by atoms with Crippen LogP contribution in [0.2, 0.25) is 0 Å². The van der Waals surface area contributed by atoms with E-state index in [1.807, 2.05) is 38.1 Å². The summed E-state index contributed by atoms with van der Waals surface area (Å²) < 4.78 is 0. The zero-order valence-corrected chi connectivity index (χ0v) is 9.73. The minimum absolute atomic E-state index is 0.128. The molecule has 0 saturated heterocycles. The minimum atomic E-state index is -0.478. The average molecular weight is 221 g/mol. The molecule has 0 saturated carbocycles. The molecule has 5 N–H and O–H groups in total. The zero-order chi connectivity index (χ0) is 12.1. The first-order valence-corrected chi connectivity index (χ1v) is 5.40. The third-order valence-corrected chi connectivity index (χ3v) is 2.48. The van der Waals surface area contributed by atoms with E-state index in [1.54, 1.807) is 0 Å². The highest BCUT2D eigenvalue weighted by molar-refractivity contribution is 5.94. The van der Waals surface area contributed by atoms with Gasteiger partial charge in [-0.3, -0.25) is 4.79 Å². The molecule has 88 valence electrons. The molecule has 1 atom stereocenters. The SMILES string of the molecule is CC(C)C(N)C(=O)Nc1ccc(CN)cc1. The van der Waals surface area contributed by atoms with Crippen molar-refractivity contribution >= 4 is 11.6 Å². The van der Waals surface area contributed by atoms with E-state index in [4.69, 9.17) is 11.5 Å². The van der Waals surface area contributed by atoms with Gasteiger partial charge >= 0.3 is 0 Å². The molecule has 4 nitrogen and oxygen atoms in total. The van der Waals surface area contributed by atoms with Crippen molar-refractivity contribution in [1.82, 2.24) is 0 Å². The van der Waals surface area contributed by atoms with Gasteiger partial charge in [-0.05, 0) is 23.6 Å². The zero-order valence-electron chi connectivity index (χ0n) is 9.73. The molecular formula is C12H19N3O. The van der Waals surface area contributed by atoms with Gasteiger partial charge in [-0.2, -0.15) is 0 Å². The van der Waals surface area contributed by atoms with Crippen LogP contribution in [0.15, 0.2) is 24.3 Å². The van der Waals surface area contributed by atoms with Crippen LogP contribution >= 0.6 is 0 Å². The van der Waals surface area contributed by atoms with Gasteiger partial charge in [-0.15, -0.1) is 0 Å². The Labute approximate surface area is 96.0 Å². The predicted octanol–water partition coefficient (Wildman–Crippen LogP) is 1.07. The van der Waals surface area contributed by atoms with Crippen LogP contribution in [-0.2, 0) is 11.3 Å². The summed E-state index contributed by atoms with van der Waals surface area (Å²) >= 11 is 0. The van der Waals surface area contributed by atoms with E-state index < -0.39 is 6.04 Å². The van der Waals surface area contributed by atoms with Gasteiger partial charge in [0.25, 0.3) is 0 Å². The van der Waals surface area contributed by atoms with Crippen molar-refractivity contribution in [3.05, 3.63) is 29.8 Å². The third-order valence-electron chi connectivity index (χ3n) is 2.48. The number of benzene rings is 1. The molecule has 0 spiro atoms. The quantitative estimate of drug-likeness (QED) is 0.711. The summed E-state index contributed by atoms with van der Waals surface area (Å²) in [6.07, 6.45) is 0. The van der Waals surface area contributed by atoms with Crippen molar-refractivity contribution in [3.63, 3.8) is 0 Å². The Morgan fingerprint density at radius 3 is 2.31 bits per heavy atom. The summed E-state index contributed by atoms with van der Waals surface area (Å²) in [5, 5.41) is 2.77. The fourth-order valence-corrected chi connectivity index (χ4v) is 1.25. The first kappa shape index (κ1) is 12.7. The maximum absolute atomic E-state index is 11.6. The van der Waals surface area contributed by atoms with Crippen molar-refractivity contribution in [1.29, 1.82) is 0 Å². The number of carbonyl (C=O) groups excluding carboxylic acids is 1. The molecule has 1 aromatic rings. The number of anilines is 1. The summed E-state index contributed by atoms with van der Waals surface area (Å²) in [6.45, 7) is 4.34. The standard InChI is InChI=1S/C12H19N3O/c1-8(2)11(14)12(16)15-10-5-3-9(7-13)4-6-10/h3-6,8,11H,7,13-14H2,1-2H3,(H,15,16). The van der Waals surface area contributed by atoms with E-state index in [1.165, 1.54) is 0 Å². The largest absolute Gasteiger partial charge is 0.326 e. The summed E-state index contributed by atoms with van der Waals surface area (Å²) in [4.78, 5) is 11.6. The topological polar surface area (TPSA) is 81.1 Å². The van der Waals surface area contributed by atoms with Crippen molar-refractivity contribution in [2.75, 3.05) is 5.32 Å². The first-order valence-electron chi connectivity index (χ1n) is 5.40. The Hall–Kier alpha value is -1.39. The molecule has 0 fully saturated rings. The molecular weight excluding hydrogens is 202 g/mol. The molecule has 4 heteroatoms. The van der Waals surface area contributed by atoms with Gasteiger partial charge in [0.15, 0.2) is 0 Å². The number of nitrogens with one attached hydrogen (secondary N) is 1. The molecule has 16 heavy (non-hydrogen) atoms. The highest BCUT2D eigenvalue weighted by Gasteiger charge is 2.16. The lowest BCUT2D eigenvalue weighted by Gasteiger charge is -2.15. The van der Waals surface area contributed by atoms with Crippen molar-refractivity contribution in [2.24, 2.45) is 17.4 Å². The molecule has 0 aromatic heterocycles. The van der Waals surface area contributed by atoms with Gasteiger partial charge in [0.05, 0.1) is 6.04 Å². The lowest BCUT2D eigenvalue weighted by molar-refractivity contribution is -0.118. The van der Waals surface area contributed by atoms with E-state index >= 15 is 0 Å². The molecule has 0 bridgehead atoms. The smallest absolute Gasteiger partial charge is 0.241 e. The highest BCUT2D eigenvalue weighted by Crippen LogP contribution is 2.10. The number of nitrogens with two attached hydrogens (primary N) is 2. The van der Waals surface area contributed by atoms with Crippen LogP contribution in [0, 0.1) is 5.92 Å². The normalized spacial score (nSPS) is 12.6. The van der Waals surface area contributed by atoms with E-state index in [0.717, 1.165) is 11.3 Å². The van der Waals surface area contributed by atoms with E-state index in [0.29, 0.717) is 6.54 Å². The van der Waals surface area contributed by atoms with Crippen LogP contribution in [0.4, 0.5) is 5.69 Å². The Balaban J connectivity index is 2.62. The van der Waals surface area contributed by atoms with Crippen molar-refractivity contribution < 1.29 is 4.79 Å². The van der Waals surface area contributed by atoms with Crippen LogP contribution in [0.3, 0.4) is 0 Å². The minimum Gasteiger partial charge on any atom is -0.326 e. The average Bonchev–Trinajstić information content (AvgIpc) is 2.28. The van der Waals surface area contributed by atoms with Gasteiger partial charge in [-0.25, -0.2) is 0 Å². The molecule has 0 aliphatic carbocycles. The Morgan fingerprint density at radius 1 is 1.31 bits per heavy atom. The number of rotatable bonds is 4. The summed E-state index contributed by atoms with van der Waals surface area (Å²) in [5.41, 5.74) is 13.0. The maximum Gasteiger partial charge on any atom is 0.241 e. The molecule has 0 radical (unpaired) electrons. The Morgan fingerprint density at radius 2 is 1.88 bits per heavy atom. The lowest BCUT2D eigenvalue weighted by Crippen LogP contribution is -2.39. The van der Waals surface area contributed by atoms with Crippen molar-refractivity contribution in [2.45, 2.75) is 26.4 Å². The third kappa shape index (κ3) is 3.32. The Kier molecular flexibility index (Phi) is 4.46. The van der Waals surface area contributed by atoms with E-state index in [-0.39, 0.29) is 11.8 Å². The monoisotopic (exact) mass is 221 g/mol. The number of carbonyl (C=O) groups is 1.